The Morgan fingerprint density at radius 3 is 2.10 bits per heavy atom. The molecule has 0 saturated carbocycles. The van der Waals surface area contributed by atoms with Crippen molar-refractivity contribution < 1.29 is 4.74 Å². The first-order valence-corrected chi connectivity index (χ1v) is 7.40. The van der Waals surface area contributed by atoms with Gasteiger partial charge in [0.05, 0.1) is 0 Å². The first-order valence-electron chi connectivity index (χ1n) is 7.40. The highest BCUT2D eigenvalue weighted by Crippen LogP contribution is 2.47. The van der Waals surface area contributed by atoms with Crippen LogP contribution in [0.15, 0.2) is 60.7 Å². The van der Waals surface area contributed by atoms with Crippen LogP contribution in [0.4, 0.5) is 0 Å². The van der Waals surface area contributed by atoms with Crippen LogP contribution in [0.2, 0.25) is 0 Å². The van der Waals surface area contributed by atoms with E-state index in [4.69, 9.17) is 4.74 Å². The van der Waals surface area contributed by atoms with Crippen LogP contribution in [0.25, 0.3) is 0 Å². The number of fused-ring (bicyclic) bond motifs is 1. The van der Waals surface area contributed by atoms with Gasteiger partial charge in [-0.1, -0.05) is 60.7 Å². The van der Waals surface area contributed by atoms with Crippen molar-refractivity contribution in [1.82, 2.24) is 4.90 Å². The van der Waals surface area contributed by atoms with Crippen molar-refractivity contribution in [3.05, 3.63) is 71.8 Å². The minimum absolute atomic E-state index is 0.293. The lowest BCUT2D eigenvalue weighted by molar-refractivity contribution is 0.0192. The molecule has 2 heteroatoms. The van der Waals surface area contributed by atoms with Crippen molar-refractivity contribution in [3.63, 3.8) is 0 Å². The Kier molecular flexibility index (Phi) is 2.86. The molecule has 102 valence electrons. The van der Waals surface area contributed by atoms with Crippen LogP contribution < -0.4 is 0 Å². The number of nitrogens with zero attached hydrogens (tertiary/aromatic N) is 1. The summed E-state index contributed by atoms with van der Waals surface area (Å²) in [4.78, 5) is 2.49. The van der Waals surface area contributed by atoms with Crippen LogP contribution in [0.3, 0.4) is 0 Å². The first-order chi connectivity index (χ1) is 9.91. The third-order valence-corrected chi connectivity index (χ3v) is 4.70. The molecule has 2 aliphatic rings. The minimum atomic E-state index is -0.293. The SMILES string of the molecule is c1ccc(C2(c3ccccc3)OCN3CCC[C@H]32)cc1. The number of ether oxygens (including phenoxy) is 1. The maximum atomic E-state index is 6.41. The molecule has 0 spiro atoms. The monoisotopic (exact) mass is 265 g/mol. The fourth-order valence-corrected chi connectivity index (χ4v) is 3.81. The highest BCUT2D eigenvalue weighted by molar-refractivity contribution is 5.40. The second-order valence-electron chi connectivity index (χ2n) is 5.71. The molecule has 4 rings (SSSR count). The topological polar surface area (TPSA) is 12.5 Å². The summed E-state index contributed by atoms with van der Waals surface area (Å²) in [5.41, 5.74) is 2.26. The van der Waals surface area contributed by atoms with Crippen molar-refractivity contribution in [2.24, 2.45) is 0 Å². The molecule has 0 radical (unpaired) electrons. The Hall–Kier alpha value is -1.64. The number of hydrogen-bond donors (Lipinski definition) is 0. The summed E-state index contributed by atoms with van der Waals surface area (Å²) in [6.07, 6.45) is 2.49. The van der Waals surface area contributed by atoms with Gasteiger partial charge in [-0.15, -0.1) is 0 Å². The second-order valence-corrected chi connectivity index (χ2v) is 5.71. The van der Waals surface area contributed by atoms with E-state index in [9.17, 15) is 0 Å². The van der Waals surface area contributed by atoms with Crippen LogP contribution in [-0.2, 0) is 10.3 Å². The lowest BCUT2D eigenvalue weighted by atomic mass is 9.79. The molecular weight excluding hydrogens is 246 g/mol. The molecule has 0 N–H and O–H groups in total. The molecule has 20 heavy (non-hydrogen) atoms. The lowest BCUT2D eigenvalue weighted by Gasteiger charge is -2.34. The van der Waals surface area contributed by atoms with Gasteiger partial charge in [0.2, 0.25) is 0 Å². The normalized spacial score (nSPS) is 24.7. The molecule has 2 aliphatic heterocycles. The van der Waals surface area contributed by atoms with Gasteiger partial charge in [-0.25, -0.2) is 0 Å². The van der Waals surface area contributed by atoms with Crippen molar-refractivity contribution in [3.8, 4) is 0 Å². The Bertz CT molecular complexity index is 541. The molecule has 2 heterocycles. The first kappa shape index (κ1) is 12.1. The predicted octanol–water partition coefficient (Wildman–Crippen LogP) is 3.38. The standard InChI is InChI=1S/C18H19NO/c1-3-8-15(9-4-1)18(16-10-5-2-6-11-16)17-12-7-13-19(17)14-20-18/h1-6,8-11,17H,7,12-14H2/t17-/m0/s1. The zero-order chi connectivity index (χ0) is 13.4. The van der Waals surface area contributed by atoms with Crippen LogP contribution in [-0.4, -0.2) is 24.2 Å². The van der Waals surface area contributed by atoms with E-state index in [1.54, 1.807) is 0 Å². The second kappa shape index (κ2) is 4.72. The summed E-state index contributed by atoms with van der Waals surface area (Å²) < 4.78 is 6.41. The van der Waals surface area contributed by atoms with Gasteiger partial charge in [0.25, 0.3) is 0 Å². The Labute approximate surface area is 120 Å². The van der Waals surface area contributed by atoms with Crippen molar-refractivity contribution >= 4 is 0 Å². The van der Waals surface area contributed by atoms with Gasteiger partial charge in [-0.2, -0.15) is 0 Å². The van der Waals surface area contributed by atoms with E-state index in [0.29, 0.717) is 6.04 Å². The molecule has 0 aromatic heterocycles. The average molecular weight is 265 g/mol. The van der Waals surface area contributed by atoms with Crippen molar-refractivity contribution in [2.45, 2.75) is 24.5 Å². The van der Waals surface area contributed by atoms with Gasteiger partial charge < -0.3 is 4.74 Å². The maximum Gasteiger partial charge on any atom is 0.135 e. The molecule has 1 atom stereocenters. The van der Waals surface area contributed by atoms with Gasteiger partial charge in [-0.05, 0) is 24.0 Å². The van der Waals surface area contributed by atoms with E-state index in [1.165, 1.54) is 24.0 Å². The Morgan fingerprint density at radius 2 is 1.50 bits per heavy atom. The molecule has 0 amide bonds. The van der Waals surface area contributed by atoms with E-state index in [1.807, 2.05) is 0 Å². The quantitative estimate of drug-likeness (QED) is 0.825. The van der Waals surface area contributed by atoms with Gasteiger partial charge >= 0.3 is 0 Å². The van der Waals surface area contributed by atoms with Crippen LogP contribution in [0.5, 0.6) is 0 Å². The smallest absolute Gasteiger partial charge is 0.135 e. The third kappa shape index (κ3) is 1.65. The highest BCUT2D eigenvalue weighted by atomic mass is 16.5. The summed E-state index contributed by atoms with van der Waals surface area (Å²) in [6, 6.07) is 21.9. The highest BCUT2D eigenvalue weighted by Gasteiger charge is 2.52. The van der Waals surface area contributed by atoms with Crippen LogP contribution in [0.1, 0.15) is 24.0 Å². The molecule has 2 saturated heterocycles. The summed E-state index contributed by atoms with van der Waals surface area (Å²) in [7, 11) is 0. The van der Waals surface area contributed by atoms with E-state index >= 15 is 0 Å². The van der Waals surface area contributed by atoms with Gasteiger partial charge in [0, 0.05) is 12.6 Å². The summed E-state index contributed by atoms with van der Waals surface area (Å²) >= 11 is 0. The largest absolute Gasteiger partial charge is 0.348 e. The maximum absolute atomic E-state index is 6.41. The summed E-state index contributed by atoms with van der Waals surface area (Å²) in [6.45, 7) is 1.90. The summed E-state index contributed by atoms with van der Waals surface area (Å²) in [5, 5.41) is 0. The van der Waals surface area contributed by atoms with E-state index in [-0.39, 0.29) is 5.60 Å². The Balaban J connectivity index is 1.90. The van der Waals surface area contributed by atoms with Gasteiger partial charge in [-0.3, -0.25) is 4.90 Å². The fourth-order valence-electron chi connectivity index (χ4n) is 3.81. The number of rotatable bonds is 2. The Morgan fingerprint density at radius 1 is 0.900 bits per heavy atom. The zero-order valence-electron chi connectivity index (χ0n) is 11.5. The molecule has 0 aliphatic carbocycles. The molecule has 0 unspecified atom stereocenters. The van der Waals surface area contributed by atoms with Gasteiger partial charge in [0.1, 0.15) is 12.3 Å². The summed E-state index contributed by atoms with van der Waals surface area (Å²) in [5.74, 6) is 0. The van der Waals surface area contributed by atoms with Crippen LogP contribution in [0, 0.1) is 0 Å². The predicted molar refractivity (Wildman–Crippen MR) is 79.3 cm³/mol. The van der Waals surface area contributed by atoms with Crippen LogP contribution >= 0.6 is 0 Å². The zero-order valence-corrected chi connectivity index (χ0v) is 11.5. The minimum Gasteiger partial charge on any atom is -0.348 e. The van der Waals surface area contributed by atoms with Crippen molar-refractivity contribution in [1.29, 1.82) is 0 Å². The molecule has 2 aromatic rings. The van der Waals surface area contributed by atoms with E-state index in [2.05, 4.69) is 65.6 Å². The molecule has 0 bridgehead atoms. The average Bonchev–Trinajstić information content (AvgIpc) is 3.11. The molecule has 2 nitrogen and oxygen atoms in total. The molecule has 2 aromatic carbocycles. The molecular formula is C18H19NO. The van der Waals surface area contributed by atoms with Gasteiger partial charge in [0.15, 0.2) is 0 Å². The lowest BCUT2D eigenvalue weighted by Crippen LogP contribution is -2.40. The third-order valence-electron chi connectivity index (χ3n) is 4.70. The number of benzene rings is 2. The fraction of sp³-hybridized carbons (Fsp3) is 0.333. The van der Waals surface area contributed by atoms with E-state index in [0.717, 1.165) is 13.3 Å². The van der Waals surface area contributed by atoms with E-state index < -0.39 is 0 Å². The number of hydrogen-bond acceptors (Lipinski definition) is 2. The van der Waals surface area contributed by atoms with Crippen molar-refractivity contribution in [2.75, 3.05) is 13.3 Å². The molecule has 2 fully saturated rings.